The second-order valence-corrected chi connectivity index (χ2v) is 6.48. The highest BCUT2D eigenvalue weighted by Crippen LogP contribution is 2.46. The lowest BCUT2D eigenvalue weighted by atomic mass is 9.70. The van der Waals surface area contributed by atoms with Crippen molar-refractivity contribution in [2.45, 2.75) is 32.0 Å². The van der Waals surface area contributed by atoms with Gasteiger partial charge in [-0.2, -0.15) is 0 Å². The van der Waals surface area contributed by atoms with E-state index in [1.807, 2.05) is 66.7 Å². The molecule has 2 unspecified atom stereocenters. The van der Waals surface area contributed by atoms with Crippen molar-refractivity contribution in [3.63, 3.8) is 0 Å². The van der Waals surface area contributed by atoms with E-state index in [1.54, 1.807) is 0 Å². The van der Waals surface area contributed by atoms with Gasteiger partial charge in [0, 0.05) is 0 Å². The Kier molecular flexibility index (Phi) is 5.77. The maximum absolute atomic E-state index is 6.12. The van der Waals surface area contributed by atoms with Gasteiger partial charge in [0.25, 0.3) is 0 Å². The van der Waals surface area contributed by atoms with Crippen LogP contribution in [0.5, 0.6) is 11.5 Å². The Hall–Kier alpha value is -2.26. The molecule has 0 N–H and O–H groups in total. The van der Waals surface area contributed by atoms with E-state index < -0.39 is 0 Å². The summed E-state index contributed by atoms with van der Waals surface area (Å²) in [6.07, 6.45) is 3.85. The summed E-state index contributed by atoms with van der Waals surface area (Å²) in [4.78, 5) is 0. The van der Waals surface area contributed by atoms with Crippen LogP contribution in [0, 0.1) is 5.41 Å². The largest absolute Gasteiger partial charge is 0.493 e. The van der Waals surface area contributed by atoms with Gasteiger partial charge in [-0.3, -0.25) is 0 Å². The van der Waals surface area contributed by atoms with Crippen molar-refractivity contribution >= 4 is 0 Å². The molecule has 1 fully saturated rings. The van der Waals surface area contributed by atoms with Gasteiger partial charge in [0.1, 0.15) is 24.7 Å². The van der Waals surface area contributed by atoms with Crippen LogP contribution in [0.2, 0.25) is 0 Å². The maximum atomic E-state index is 6.12. The Balaban J connectivity index is 1.75. The van der Waals surface area contributed by atoms with Crippen LogP contribution in [0.15, 0.2) is 73.3 Å². The van der Waals surface area contributed by atoms with Crippen molar-refractivity contribution in [1.82, 2.24) is 0 Å². The summed E-state index contributed by atoms with van der Waals surface area (Å²) in [6, 6.07) is 19.8. The maximum Gasteiger partial charge on any atom is 0.119 e. The third-order valence-corrected chi connectivity index (χ3v) is 4.86. The fourth-order valence-corrected chi connectivity index (χ4v) is 3.43. The quantitative estimate of drug-likeness (QED) is 0.610. The molecule has 1 aliphatic rings. The normalized spacial score (nSPS) is 21.2. The Morgan fingerprint density at radius 1 is 0.920 bits per heavy atom. The first kappa shape index (κ1) is 17.6. The van der Waals surface area contributed by atoms with E-state index in [-0.39, 0.29) is 17.6 Å². The molecule has 25 heavy (non-hydrogen) atoms. The zero-order valence-electron chi connectivity index (χ0n) is 14.8. The number of hydrogen-bond acceptors (Lipinski definition) is 3. The van der Waals surface area contributed by atoms with Gasteiger partial charge in [0.2, 0.25) is 0 Å². The summed E-state index contributed by atoms with van der Waals surface area (Å²) >= 11 is 0. The molecule has 0 saturated carbocycles. The highest BCUT2D eigenvalue weighted by molar-refractivity contribution is 5.23. The predicted molar refractivity (Wildman–Crippen MR) is 100 cm³/mol. The van der Waals surface area contributed by atoms with Crippen LogP contribution in [0.3, 0.4) is 0 Å². The number of ether oxygens (including phenoxy) is 3. The van der Waals surface area contributed by atoms with Gasteiger partial charge >= 0.3 is 0 Å². The lowest BCUT2D eigenvalue weighted by molar-refractivity contribution is -0.269. The van der Waals surface area contributed by atoms with Crippen LogP contribution in [0.25, 0.3) is 0 Å². The number of para-hydroxylation sites is 2. The Morgan fingerprint density at radius 2 is 1.44 bits per heavy atom. The fourth-order valence-electron chi connectivity index (χ4n) is 3.43. The lowest BCUT2D eigenvalue weighted by Crippen LogP contribution is -2.65. The molecule has 0 aliphatic carbocycles. The molecule has 2 aromatic carbocycles. The van der Waals surface area contributed by atoms with Crippen LogP contribution in [0.1, 0.15) is 19.8 Å². The second-order valence-electron chi connectivity index (χ2n) is 6.48. The highest BCUT2D eigenvalue weighted by Gasteiger charge is 2.56. The molecule has 0 bridgehead atoms. The van der Waals surface area contributed by atoms with Gasteiger partial charge in [-0.05, 0) is 37.1 Å². The SMILES string of the molecule is C=CCC1OC(CC)C1(COc1ccccc1)COc1ccccc1. The molecule has 132 valence electrons. The first-order chi connectivity index (χ1) is 12.3. The van der Waals surface area contributed by atoms with Crippen LogP contribution in [0.4, 0.5) is 0 Å². The fraction of sp³-hybridized carbons (Fsp3) is 0.364. The monoisotopic (exact) mass is 338 g/mol. The molecule has 0 aromatic heterocycles. The summed E-state index contributed by atoms with van der Waals surface area (Å²) in [5.74, 6) is 1.75. The van der Waals surface area contributed by atoms with Crippen molar-refractivity contribution in [1.29, 1.82) is 0 Å². The molecule has 3 rings (SSSR count). The molecule has 1 saturated heterocycles. The van der Waals surface area contributed by atoms with Crippen LogP contribution in [-0.2, 0) is 4.74 Å². The van der Waals surface area contributed by atoms with Crippen molar-refractivity contribution in [3.05, 3.63) is 73.3 Å². The molecule has 3 nitrogen and oxygen atoms in total. The van der Waals surface area contributed by atoms with Gasteiger partial charge in [-0.25, -0.2) is 0 Å². The number of benzene rings is 2. The summed E-state index contributed by atoms with van der Waals surface area (Å²) in [7, 11) is 0. The summed E-state index contributed by atoms with van der Waals surface area (Å²) in [5, 5.41) is 0. The van der Waals surface area contributed by atoms with E-state index in [4.69, 9.17) is 14.2 Å². The topological polar surface area (TPSA) is 27.7 Å². The summed E-state index contributed by atoms with van der Waals surface area (Å²) < 4.78 is 18.3. The molecule has 2 aromatic rings. The van der Waals surface area contributed by atoms with E-state index in [0.29, 0.717) is 13.2 Å². The Morgan fingerprint density at radius 3 is 1.88 bits per heavy atom. The van der Waals surface area contributed by atoms with Gasteiger partial charge < -0.3 is 14.2 Å². The van der Waals surface area contributed by atoms with Gasteiger partial charge in [0.15, 0.2) is 0 Å². The first-order valence-corrected chi connectivity index (χ1v) is 8.90. The van der Waals surface area contributed by atoms with Crippen molar-refractivity contribution in [2.24, 2.45) is 5.41 Å². The van der Waals surface area contributed by atoms with E-state index in [2.05, 4.69) is 13.5 Å². The van der Waals surface area contributed by atoms with Crippen molar-refractivity contribution in [2.75, 3.05) is 13.2 Å². The third kappa shape index (κ3) is 3.88. The summed E-state index contributed by atoms with van der Waals surface area (Å²) in [6.45, 7) is 7.16. The minimum absolute atomic E-state index is 0.0716. The Labute approximate surface area is 150 Å². The van der Waals surface area contributed by atoms with Crippen molar-refractivity contribution < 1.29 is 14.2 Å². The first-order valence-electron chi connectivity index (χ1n) is 8.90. The predicted octanol–water partition coefficient (Wildman–Crippen LogP) is 4.88. The summed E-state index contributed by atoms with van der Waals surface area (Å²) in [5.41, 5.74) is -0.172. The molecule has 1 heterocycles. The zero-order valence-corrected chi connectivity index (χ0v) is 14.8. The molecular weight excluding hydrogens is 312 g/mol. The molecule has 1 aliphatic heterocycles. The Bertz CT molecular complexity index is 610. The molecule has 3 heteroatoms. The highest BCUT2D eigenvalue weighted by atomic mass is 16.6. The number of hydrogen-bond donors (Lipinski definition) is 0. The average molecular weight is 338 g/mol. The van der Waals surface area contributed by atoms with Crippen LogP contribution >= 0.6 is 0 Å². The molecule has 0 amide bonds. The smallest absolute Gasteiger partial charge is 0.119 e. The standard InChI is InChI=1S/C22H26O3/c1-3-11-21-22(20(4-2)25-21,16-23-18-12-7-5-8-13-18)17-24-19-14-9-6-10-15-19/h3,5-10,12-15,20-21H,1,4,11,16-17H2,2H3. The zero-order chi connectivity index (χ0) is 17.5. The minimum atomic E-state index is -0.172. The van der Waals surface area contributed by atoms with Gasteiger partial charge in [-0.1, -0.05) is 49.4 Å². The molecule has 0 radical (unpaired) electrons. The third-order valence-electron chi connectivity index (χ3n) is 4.86. The van der Waals surface area contributed by atoms with E-state index in [0.717, 1.165) is 24.3 Å². The molecular formula is C22H26O3. The number of rotatable bonds is 9. The second kappa shape index (κ2) is 8.21. The molecule has 2 atom stereocenters. The average Bonchev–Trinajstić information content (AvgIpc) is 2.66. The molecule has 0 spiro atoms. The minimum Gasteiger partial charge on any atom is -0.493 e. The van der Waals surface area contributed by atoms with E-state index >= 15 is 0 Å². The van der Waals surface area contributed by atoms with Gasteiger partial charge in [-0.15, -0.1) is 6.58 Å². The van der Waals surface area contributed by atoms with E-state index in [1.165, 1.54) is 0 Å². The van der Waals surface area contributed by atoms with Crippen molar-refractivity contribution in [3.8, 4) is 11.5 Å². The van der Waals surface area contributed by atoms with Crippen LogP contribution < -0.4 is 9.47 Å². The van der Waals surface area contributed by atoms with Gasteiger partial charge in [0.05, 0.1) is 17.6 Å². The lowest BCUT2D eigenvalue weighted by Gasteiger charge is -2.54. The van der Waals surface area contributed by atoms with E-state index in [9.17, 15) is 0 Å². The van der Waals surface area contributed by atoms with Crippen LogP contribution in [-0.4, -0.2) is 25.4 Å².